The second-order valence-corrected chi connectivity index (χ2v) is 13.6. The van der Waals surface area contributed by atoms with Crippen LogP contribution in [-0.2, 0) is 13.1 Å². The molecule has 3 aliphatic carbocycles. The summed E-state index contributed by atoms with van der Waals surface area (Å²) in [6.07, 6.45) is 15.6. The number of likely N-dealkylation sites (tertiary alicyclic amines) is 1. The van der Waals surface area contributed by atoms with E-state index in [1.165, 1.54) is 25.6 Å². The number of amides is 1. The molecular weight excluding hydrogens is 578 g/mol. The maximum atomic E-state index is 14.0. The van der Waals surface area contributed by atoms with E-state index in [-0.39, 0.29) is 5.91 Å². The van der Waals surface area contributed by atoms with Gasteiger partial charge in [0.2, 0.25) is 0 Å². The number of benzene rings is 1. The molecule has 11 heteroatoms. The van der Waals surface area contributed by atoms with E-state index >= 15 is 0 Å². The van der Waals surface area contributed by atoms with Gasteiger partial charge in [-0.1, -0.05) is 0 Å². The van der Waals surface area contributed by atoms with Gasteiger partial charge in [-0.15, -0.1) is 0 Å². The molecule has 4 aliphatic rings. The molecule has 4 atom stereocenters. The first-order valence-corrected chi connectivity index (χ1v) is 16.3. The molecule has 1 saturated heterocycles. The van der Waals surface area contributed by atoms with Crippen LogP contribution in [0.1, 0.15) is 41.6 Å². The molecule has 1 aliphatic heterocycles. The Morgan fingerprint density at radius 3 is 2.74 bits per heavy atom. The lowest BCUT2D eigenvalue weighted by molar-refractivity contribution is -0.0204. The highest BCUT2D eigenvalue weighted by Crippen LogP contribution is 2.60. The molecule has 10 rings (SSSR count). The number of methoxy groups -OCH3 is 1. The van der Waals surface area contributed by atoms with E-state index in [1.807, 2.05) is 36.8 Å². The predicted molar refractivity (Wildman–Crippen MR) is 171 cm³/mol. The van der Waals surface area contributed by atoms with Crippen LogP contribution in [0.25, 0.3) is 39.3 Å². The summed E-state index contributed by atoms with van der Waals surface area (Å²) in [6.45, 7) is 2.27. The zero-order valence-electron chi connectivity index (χ0n) is 25.5. The third kappa shape index (κ3) is 3.90. The van der Waals surface area contributed by atoms with E-state index in [0.717, 1.165) is 70.3 Å². The van der Waals surface area contributed by atoms with Gasteiger partial charge in [0.1, 0.15) is 28.9 Å². The monoisotopic (exact) mass is 611 g/mol. The van der Waals surface area contributed by atoms with Crippen LogP contribution in [0.3, 0.4) is 0 Å². The van der Waals surface area contributed by atoms with E-state index in [0.29, 0.717) is 41.7 Å². The Morgan fingerprint density at radius 2 is 1.93 bits per heavy atom. The fourth-order valence-corrected chi connectivity index (χ4v) is 8.41. The van der Waals surface area contributed by atoms with Crippen molar-refractivity contribution in [3.63, 3.8) is 0 Å². The number of nitrogens with zero attached hydrogens (tertiary/aromatic N) is 9. The standard InChI is InChI=1S/C35H33N9O2/c1-46-30-11-24(35(45)42-18-25-7-23-10-28(42)31(23)25)8-27-32(30)43(16-21-12-39-44(17-21)26-13-36-19-37-14-26)34(40-27)29-9-22-3-2-6-38-33(22)41(29)15-20-4-5-20/h2-3,6,8-9,11-14,17,19-20,23,25,28,31H,4-5,7,10,15-16,18H2,1H3/t23?,25?,28?,31-/m1/s1. The summed E-state index contributed by atoms with van der Waals surface area (Å²) in [4.78, 5) is 34.5. The summed E-state index contributed by atoms with van der Waals surface area (Å²) in [5.41, 5.74) is 5.98. The average Bonchev–Trinajstić information content (AvgIpc) is 3.47. The Bertz CT molecular complexity index is 2160. The average molecular weight is 612 g/mol. The van der Waals surface area contributed by atoms with Crippen molar-refractivity contribution >= 4 is 28.0 Å². The van der Waals surface area contributed by atoms with Crippen LogP contribution in [0.2, 0.25) is 0 Å². The summed E-state index contributed by atoms with van der Waals surface area (Å²) in [6, 6.07) is 10.6. The van der Waals surface area contributed by atoms with E-state index in [9.17, 15) is 4.79 Å². The van der Waals surface area contributed by atoms with Gasteiger partial charge in [0.05, 0.1) is 43.5 Å². The maximum absolute atomic E-state index is 14.0. The summed E-state index contributed by atoms with van der Waals surface area (Å²) in [5.74, 6) is 4.40. The molecule has 0 N–H and O–H groups in total. The fraction of sp³-hybridized carbons (Fsp3) is 0.371. The summed E-state index contributed by atoms with van der Waals surface area (Å²) in [5, 5.41) is 5.69. The summed E-state index contributed by atoms with van der Waals surface area (Å²) >= 11 is 0. The molecule has 3 saturated carbocycles. The van der Waals surface area contributed by atoms with Gasteiger partial charge in [-0.2, -0.15) is 5.10 Å². The van der Waals surface area contributed by atoms with Gasteiger partial charge < -0.3 is 18.8 Å². The number of rotatable bonds is 8. The van der Waals surface area contributed by atoms with Gasteiger partial charge in [-0.3, -0.25) is 4.79 Å². The lowest BCUT2D eigenvalue weighted by Gasteiger charge is -2.52. The normalized spacial score (nSPS) is 23.0. The van der Waals surface area contributed by atoms with Crippen LogP contribution in [0.15, 0.2) is 67.6 Å². The van der Waals surface area contributed by atoms with Crippen LogP contribution in [0.5, 0.6) is 5.75 Å². The molecule has 46 heavy (non-hydrogen) atoms. The Kier molecular flexibility index (Phi) is 5.53. The van der Waals surface area contributed by atoms with Crippen molar-refractivity contribution in [2.45, 2.75) is 44.8 Å². The van der Waals surface area contributed by atoms with Crippen LogP contribution >= 0.6 is 0 Å². The SMILES string of the molecule is COc1cc(C(=O)N2CC3CC4CC2[C@H]43)cc2nc(-c3cc4cccnc4n3CC3CC3)n(Cc3cnn(-c4cncnc4)c3)c12. The fourth-order valence-electron chi connectivity index (χ4n) is 8.41. The van der Waals surface area contributed by atoms with Crippen molar-refractivity contribution in [2.75, 3.05) is 13.7 Å². The third-order valence-corrected chi connectivity index (χ3v) is 10.9. The van der Waals surface area contributed by atoms with Crippen LogP contribution in [0, 0.1) is 23.7 Å². The Labute approximate surface area is 264 Å². The maximum Gasteiger partial charge on any atom is 0.254 e. The lowest BCUT2D eigenvalue weighted by Crippen LogP contribution is -2.53. The smallest absolute Gasteiger partial charge is 0.254 e. The first-order chi connectivity index (χ1) is 22.6. The van der Waals surface area contributed by atoms with Crippen molar-refractivity contribution in [3.8, 4) is 23.0 Å². The number of pyridine rings is 1. The van der Waals surface area contributed by atoms with E-state index in [1.54, 1.807) is 24.2 Å². The molecule has 0 radical (unpaired) electrons. The summed E-state index contributed by atoms with van der Waals surface area (Å²) < 4.78 is 12.4. The quantitative estimate of drug-likeness (QED) is 0.239. The minimum Gasteiger partial charge on any atom is -0.494 e. The second kappa shape index (κ2) is 9.72. The molecule has 11 nitrogen and oxygen atoms in total. The number of carbonyl (C=O) groups is 1. The molecule has 4 fully saturated rings. The highest BCUT2D eigenvalue weighted by molar-refractivity contribution is 6.00. The molecular formula is C35H33N9O2. The highest BCUT2D eigenvalue weighted by atomic mass is 16.5. The molecule has 0 spiro atoms. The number of imidazole rings is 1. The van der Waals surface area contributed by atoms with Gasteiger partial charge in [0.15, 0.2) is 5.82 Å². The number of fused-ring (bicyclic) bond motifs is 2. The van der Waals surface area contributed by atoms with E-state index in [2.05, 4.69) is 41.2 Å². The van der Waals surface area contributed by atoms with Crippen LogP contribution in [0.4, 0.5) is 0 Å². The predicted octanol–water partition coefficient (Wildman–Crippen LogP) is 4.98. The van der Waals surface area contributed by atoms with Crippen LogP contribution < -0.4 is 4.74 Å². The number of hydrogen-bond donors (Lipinski definition) is 0. The van der Waals surface area contributed by atoms with Crippen molar-refractivity contribution in [3.05, 3.63) is 78.8 Å². The van der Waals surface area contributed by atoms with Gasteiger partial charge in [0, 0.05) is 48.0 Å². The van der Waals surface area contributed by atoms with Crippen molar-refractivity contribution < 1.29 is 9.53 Å². The van der Waals surface area contributed by atoms with Gasteiger partial charge in [-0.25, -0.2) is 24.6 Å². The molecule has 0 bridgehead atoms. The molecule has 6 aromatic rings. The van der Waals surface area contributed by atoms with Gasteiger partial charge >= 0.3 is 0 Å². The number of hydrogen-bond acceptors (Lipinski definition) is 7. The topological polar surface area (TPSA) is 109 Å². The third-order valence-electron chi connectivity index (χ3n) is 10.9. The molecule has 230 valence electrons. The zero-order chi connectivity index (χ0) is 30.5. The van der Waals surface area contributed by atoms with Crippen molar-refractivity contribution in [1.29, 1.82) is 0 Å². The Hall–Kier alpha value is -5.06. The molecule has 6 heterocycles. The molecule has 3 unspecified atom stereocenters. The van der Waals surface area contributed by atoms with E-state index in [4.69, 9.17) is 14.7 Å². The first kappa shape index (κ1) is 26.2. The minimum atomic E-state index is 0.0903. The van der Waals surface area contributed by atoms with Crippen molar-refractivity contribution in [1.82, 2.24) is 43.8 Å². The van der Waals surface area contributed by atoms with E-state index < -0.39 is 0 Å². The lowest BCUT2D eigenvalue weighted by atomic mass is 9.53. The molecule has 1 amide bonds. The molecule has 1 aromatic carbocycles. The Balaban J connectivity index is 1.13. The number of aromatic nitrogens is 8. The summed E-state index contributed by atoms with van der Waals surface area (Å²) in [7, 11) is 1.67. The zero-order valence-corrected chi connectivity index (χ0v) is 25.5. The second-order valence-electron chi connectivity index (χ2n) is 13.6. The largest absolute Gasteiger partial charge is 0.494 e. The van der Waals surface area contributed by atoms with Gasteiger partial charge in [0.25, 0.3) is 5.91 Å². The highest BCUT2D eigenvalue weighted by Gasteiger charge is 2.61. The first-order valence-electron chi connectivity index (χ1n) is 16.3. The Morgan fingerprint density at radius 1 is 1.04 bits per heavy atom. The number of ether oxygens (including phenoxy) is 1. The van der Waals surface area contributed by atoms with Gasteiger partial charge in [-0.05, 0) is 79.7 Å². The van der Waals surface area contributed by atoms with Crippen molar-refractivity contribution in [2.24, 2.45) is 23.7 Å². The molecule has 5 aromatic heterocycles. The minimum absolute atomic E-state index is 0.0903. The number of carbonyl (C=O) groups excluding carboxylic acids is 1. The van der Waals surface area contributed by atoms with Crippen LogP contribution in [-0.4, -0.2) is 69.4 Å².